The summed E-state index contributed by atoms with van der Waals surface area (Å²) in [6, 6.07) is 7.37. The number of likely N-dealkylation sites (tertiary alicyclic amines) is 1. The normalized spacial score (nSPS) is 17.4. The predicted molar refractivity (Wildman–Crippen MR) is 91.1 cm³/mol. The van der Waals surface area contributed by atoms with Crippen molar-refractivity contribution in [3.8, 4) is 11.9 Å². The first-order valence-corrected chi connectivity index (χ1v) is 8.16. The topological polar surface area (TPSA) is 88.3 Å². The quantitative estimate of drug-likeness (QED) is 0.835. The van der Waals surface area contributed by atoms with E-state index in [4.69, 9.17) is 14.7 Å². The summed E-state index contributed by atoms with van der Waals surface area (Å²) in [7, 11) is 0. The minimum absolute atomic E-state index is 0.209. The molecule has 0 spiro atoms. The van der Waals surface area contributed by atoms with Gasteiger partial charge in [0.1, 0.15) is 29.0 Å². The monoisotopic (exact) mass is 340 g/mol. The molecule has 3 rings (SSSR count). The summed E-state index contributed by atoms with van der Waals surface area (Å²) in [6.45, 7) is 6.49. The third-order valence-electron chi connectivity index (χ3n) is 3.75. The first-order chi connectivity index (χ1) is 11.9. The number of aromatic nitrogens is 2. The summed E-state index contributed by atoms with van der Waals surface area (Å²) in [5.41, 5.74) is 0.355. The van der Waals surface area contributed by atoms with Crippen LogP contribution in [0.3, 0.4) is 0 Å². The van der Waals surface area contributed by atoms with Gasteiger partial charge in [-0.1, -0.05) is 6.07 Å². The van der Waals surface area contributed by atoms with Crippen molar-refractivity contribution in [2.75, 3.05) is 13.1 Å². The number of hydrogen-bond donors (Lipinski definition) is 0. The van der Waals surface area contributed by atoms with E-state index >= 15 is 0 Å². The summed E-state index contributed by atoms with van der Waals surface area (Å²) in [4.78, 5) is 22.3. The van der Waals surface area contributed by atoms with Crippen molar-refractivity contribution in [3.05, 3.63) is 30.1 Å². The van der Waals surface area contributed by atoms with E-state index in [1.807, 2.05) is 32.9 Å². The van der Waals surface area contributed by atoms with Crippen LogP contribution in [0, 0.1) is 11.3 Å². The van der Waals surface area contributed by atoms with Crippen LogP contribution in [0.15, 0.2) is 24.4 Å². The molecule has 130 valence electrons. The second-order valence-corrected chi connectivity index (χ2v) is 6.95. The van der Waals surface area contributed by atoms with Gasteiger partial charge in [0.25, 0.3) is 0 Å². The highest BCUT2D eigenvalue weighted by atomic mass is 16.6. The molecule has 25 heavy (non-hydrogen) atoms. The van der Waals surface area contributed by atoms with E-state index in [9.17, 15) is 4.79 Å². The molecule has 2 aromatic heterocycles. The van der Waals surface area contributed by atoms with Gasteiger partial charge in [0.2, 0.25) is 5.88 Å². The summed E-state index contributed by atoms with van der Waals surface area (Å²) in [5, 5.41) is 9.94. The molecule has 0 saturated carbocycles. The highest BCUT2D eigenvalue weighted by molar-refractivity contribution is 5.83. The van der Waals surface area contributed by atoms with Crippen molar-refractivity contribution in [2.24, 2.45) is 0 Å². The molecule has 1 saturated heterocycles. The molecule has 0 bridgehead atoms. The smallest absolute Gasteiger partial charge is 0.410 e. The number of nitrogens with zero attached hydrogens (tertiary/aromatic N) is 4. The number of nitriles is 1. The molecule has 1 aliphatic rings. The lowest BCUT2D eigenvalue weighted by molar-refractivity contribution is 0.0275. The van der Waals surface area contributed by atoms with Gasteiger partial charge in [-0.2, -0.15) is 5.26 Å². The molecule has 7 nitrogen and oxygen atoms in total. The number of amides is 1. The Labute approximate surface area is 146 Å². The Hall–Kier alpha value is -2.88. The van der Waals surface area contributed by atoms with E-state index in [2.05, 4.69) is 9.97 Å². The summed E-state index contributed by atoms with van der Waals surface area (Å²) in [5.74, 6) is 0.325. The summed E-state index contributed by atoms with van der Waals surface area (Å²) >= 11 is 0. The SMILES string of the molecule is CC(C)(C)OC(=O)N1CCC(Oc2nc(C#N)cc3cccnc23)C1. The molecular weight excluding hydrogens is 320 g/mol. The third kappa shape index (κ3) is 3.97. The standard InChI is InChI=1S/C18H20N4O3/c1-18(2,3)25-17(23)22-8-6-14(11-22)24-16-15-12(5-4-7-20-15)9-13(10-19)21-16/h4-5,7,9,14H,6,8,11H2,1-3H3. The van der Waals surface area contributed by atoms with Crippen LogP contribution in [0.1, 0.15) is 32.9 Å². The van der Waals surface area contributed by atoms with Gasteiger partial charge in [-0.3, -0.25) is 4.98 Å². The minimum Gasteiger partial charge on any atom is -0.471 e. The minimum atomic E-state index is -0.529. The largest absolute Gasteiger partial charge is 0.471 e. The van der Waals surface area contributed by atoms with Gasteiger partial charge in [0, 0.05) is 24.5 Å². The Morgan fingerprint density at radius 2 is 2.24 bits per heavy atom. The molecule has 1 amide bonds. The number of carbonyl (C=O) groups is 1. The predicted octanol–water partition coefficient (Wildman–Crippen LogP) is 2.89. The van der Waals surface area contributed by atoms with Crippen LogP contribution in [0.25, 0.3) is 10.9 Å². The van der Waals surface area contributed by atoms with Crippen LogP contribution in [-0.2, 0) is 4.74 Å². The number of carbonyl (C=O) groups excluding carboxylic acids is 1. The maximum Gasteiger partial charge on any atom is 0.410 e. The number of ether oxygens (including phenoxy) is 2. The van der Waals surface area contributed by atoms with Crippen LogP contribution in [0.2, 0.25) is 0 Å². The molecule has 0 N–H and O–H groups in total. The maximum absolute atomic E-state index is 12.1. The van der Waals surface area contributed by atoms with Crippen molar-refractivity contribution in [2.45, 2.75) is 38.9 Å². The molecule has 7 heteroatoms. The van der Waals surface area contributed by atoms with E-state index in [0.717, 1.165) is 5.39 Å². The molecule has 1 atom stereocenters. The maximum atomic E-state index is 12.1. The Morgan fingerprint density at radius 1 is 1.44 bits per heavy atom. The fourth-order valence-corrected chi connectivity index (χ4v) is 2.67. The van der Waals surface area contributed by atoms with E-state index in [-0.39, 0.29) is 17.9 Å². The van der Waals surface area contributed by atoms with Gasteiger partial charge in [-0.15, -0.1) is 0 Å². The molecule has 3 heterocycles. The number of rotatable bonds is 2. The lowest BCUT2D eigenvalue weighted by Crippen LogP contribution is -2.36. The van der Waals surface area contributed by atoms with Gasteiger partial charge >= 0.3 is 6.09 Å². The van der Waals surface area contributed by atoms with Crippen LogP contribution in [0.4, 0.5) is 4.79 Å². The Morgan fingerprint density at radius 3 is 2.96 bits per heavy atom. The Balaban J connectivity index is 1.75. The highest BCUT2D eigenvalue weighted by Crippen LogP contribution is 2.25. The zero-order chi connectivity index (χ0) is 18.0. The summed E-state index contributed by atoms with van der Waals surface area (Å²) < 4.78 is 11.4. The van der Waals surface area contributed by atoms with Gasteiger partial charge in [0.05, 0.1) is 6.54 Å². The highest BCUT2D eigenvalue weighted by Gasteiger charge is 2.31. The molecule has 1 aliphatic heterocycles. The second kappa shape index (κ2) is 6.55. The molecule has 1 unspecified atom stereocenters. The number of hydrogen-bond acceptors (Lipinski definition) is 6. The zero-order valence-electron chi connectivity index (χ0n) is 14.5. The first-order valence-electron chi connectivity index (χ1n) is 8.16. The number of fused-ring (bicyclic) bond motifs is 1. The van der Waals surface area contributed by atoms with Crippen LogP contribution in [0.5, 0.6) is 5.88 Å². The third-order valence-corrected chi connectivity index (χ3v) is 3.75. The Kier molecular flexibility index (Phi) is 4.45. The first kappa shape index (κ1) is 17.0. The van der Waals surface area contributed by atoms with E-state index in [0.29, 0.717) is 30.9 Å². The fraction of sp³-hybridized carbons (Fsp3) is 0.444. The fourth-order valence-electron chi connectivity index (χ4n) is 2.67. The average Bonchev–Trinajstić information content (AvgIpc) is 3.02. The van der Waals surface area contributed by atoms with Crippen LogP contribution < -0.4 is 4.74 Å². The Bertz CT molecular complexity index is 838. The zero-order valence-corrected chi connectivity index (χ0v) is 14.5. The molecule has 0 radical (unpaired) electrons. The lowest BCUT2D eigenvalue weighted by atomic mass is 10.2. The molecule has 1 fully saturated rings. The number of pyridine rings is 2. The lowest BCUT2D eigenvalue weighted by Gasteiger charge is -2.24. The van der Waals surface area contributed by atoms with Crippen LogP contribution >= 0.6 is 0 Å². The van der Waals surface area contributed by atoms with Gasteiger partial charge in [-0.25, -0.2) is 9.78 Å². The van der Waals surface area contributed by atoms with Crippen molar-refractivity contribution in [1.29, 1.82) is 5.26 Å². The van der Waals surface area contributed by atoms with Crippen molar-refractivity contribution < 1.29 is 14.3 Å². The van der Waals surface area contributed by atoms with Crippen molar-refractivity contribution in [1.82, 2.24) is 14.9 Å². The molecule has 0 aliphatic carbocycles. The van der Waals surface area contributed by atoms with Crippen LogP contribution in [-0.4, -0.2) is 45.8 Å². The van der Waals surface area contributed by atoms with E-state index in [1.54, 1.807) is 23.2 Å². The van der Waals surface area contributed by atoms with Gasteiger partial charge in [0.15, 0.2) is 0 Å². The van der Waals surface area contributed by atoms with Crippen molar-refractivity contribution in [3.63, 3.8) is 0 Å². The average molecular weight is 340 g/mol. The summed E-state index contributed by atoms with van der Waals surface area (Å²) in [6.07, 6.45) is 1.77. The van der Waals surface area contributed by atoms with E-state index < -0.39 is 5.60 Å². The van der Waals surface area contributed by atoms with Gasteiger partial charge in [-0.05, 0) is 32.9 Å². The van der Waals surface area contributed by atoms with E-state index in [1.165, 1.54) is 0 Å². The van der Waals surface area contributed by atoms with Gasteiger partial charge < -0.3 is 14.4 Å². The molecular formula is C18H20N4O3. The molecule has 2 aromatic rings. The second-order valence-electron chi connectivity index (χ2n) is 6.95. The molecule has 0 aromatic carbocycles. The van der Waals surface area contributed by atoms with Crippen molar-refractivity contribution >= 4 is 17.0 Å².